The summed E-state index contributed by atoms with van der Waals surface area (Å²) in [6, 6.07) is 2.13. The van der Waals surface area contributed by atoms with E-state index in [1.54, 1.807) is 16.2 Å². The summed E-state index contributed by atoms with van der Waals surface area (Å²) in [5, 5.41) is 3.74. The smallest absolute Gasteiger partial charge is 0.326 e. The predicted molar refractivity (Wildman–Crippen MR) is 130 cm³/mol. The number of rotatable bonds is 7. The molecule has 5 rings (SSSR count). The van der Waals surface area contributed by atoms with Crippen LogP contribution in [0.4, 0.5) is 28.0 Å². The SMILES string of the molecule is NCc1cnc([C@]23CC[C@@H](N(CCN4CCCC4)C(=O)Nc4ccc(F)c(C(F)(F)F)c4)CC2C3)s1. The third kappa shape index (κ3) is 5.10. The Labute approximate surface area is 211 Å². The lowest BCUT2D eigenvalue weighted by Crippen LogP contribution is -2.48. The molecule has 0 bridgehead atoms. The molecule has 2 amide bonds. The zero-order chi connectivity index (χ0) is 25.5. The van der Waals surface area contributed by atoms with Crippen LogP contribution in [-0.4, -0.2) is 53.0 Å². The minimum absolute atomic E-state index is 0.00953. The average molecular weight is 526 g/mol. The molecule has 3 aliphatic rings. The minimum Gasteiger partial charge on any atom is -0.326 e. The maximum absolute atomic E-state index is 13.7. The molecule has 2 saturated carbocycles. The third-order valence-electron chi connectivity index (χ3n) is 7.97. The largest absolute Gasteiger partial charge is 0.419 e. The molecule has 2 aromatic rings. The molecule has 0 radical (unpaired) electrons. The van der Waals surface area contributed by atoms with Gasteiger partial charge in [0.15, 0.2) is 0 Å². The number of urea groups is 1. The molecule has 6 nitrogen and oxygen atoms in total. The third-order valence-corrected chi connectivity index (χ3v) is 9.21. The summed E-state index contributed by atoms with van der Waals surface area (Å²) in [6.07, 6.45) is 2.88. The molecule has 1 unspecified atom stereocenters. The molecule has 3 atom stereocenters. The molecule has 11 heteroatoms. The van der Waals surface area contributed by atoms with Crippen LogP contribution in [-0.2, 0) is 18.1 Å². The number of hydrogen-bond acceptors (Lipinski definition) is 5. The van der Waals surface area contributed by atoms with E-state index in [4.69, 9.17) is 5.73 Å². The monoisotopic (exact) mass is 525 g/mol. The number of nitrogens with one attached hydrogen (secondary N) is 1. The quantitative estimate of drug-likeness (QED) is 0.488. The highest BCUT2D eigenvalue weighted by molar-refractivity contribution is 7.11. The fraction of sp³-hybridized carbons (Fsp3) is 0.600. The molecule has 1 aromatic heterocycles. The number of likely N-dealkylation sites (tertiary alicyclic amines) is 1. The van der Waals surface area contributed by atoms with Crippen molar-refractivity contribution in [3.8, 4) is 0 Å². The Morgan fingerprint density at radius 3 is 2.75 bits per heavy atom. The van der Waals surface area contributed by atoms with Crippen molar-refractivity contribution in [3.63, 3.8) is 0 Å². The Kier molecular flexibility index (Phi) is 6.99. The summed E-state index contributed by atoms with van der Waals surface area (Å²) in [5.74, 6) is -0.929. The molecule has 1 aliphatic heterocycles. The van der Waals surface area contributed by atoms with Crippen LogP contribution < -0.4 is 11.1 Å². The molecule has 2 heterocycles. The first-order valence-corrected chi connectivity index (χ1v) is 13.3. The molecule has 196 valence electrons. The van der Waals surface area contributed by atoms with E-state index in [-0.39, 0.29) is 17.1 Å². The van der Waals surface area contributed by atoms with Gasteiger partial charge in [-0.15, -0.1) is 11.3 Å². The number of carbonyl (C=O) groups excluding carboxylic acids is 1. The number of nitrogens with two attached hydrogens (primary N) is 1. The number of benzene rings is 1. The van der Waals surface area contributed by atoms with Gasteiger partial charge in [0.25, 0.3) is 0 Å². The molecule has 36 heavy (non-hydrogen) atoms. The van der Waals surface area contributed by atoms with Gasteiger partial charge in [0, 0.05) is 47.9 Å². The number of amides is 2. The number of halogens is 4. The van der Waals surface area contributed by atoms with Crippen LogP contribution in [0.3, 0.4) is 0 Å². The van der Waals surface area contributed by atoms with Crippen molar-refractivity contribution in [2.45, 2.75) is 62.7 Å². The summed E-state index contributed by atoms with van der Waals surface area (Å²) in [7, 11) is 0. The van der Waals surface area contributed by atoms with E-state index in [0.29, 0.717) is 25.1 Å². The molecule has 1 aromatic carbocycles. The van der Waals surface area contributed by atoms with E-state index >= 15 is 0 Å². The first kappa shape index (κ1) is 25.4. The Morgan fingerprint density at radius 1 is 1.31 bits per heavy atom. The van der Waals surface area contributed by atoms with Crippen LogP contribution >= 0.6 is 11.3 Å². The zero-order valence-corrected chi connectivity index (χ0v) is 20.8. The minimum atomic E-state index is -4.83. The standard InChI is InChI=1S/C25H31F4N5OS/c26-21-4-3-17(12-20(21)25(27,28)29)32-23(35)34(10-9-33-7-1-2-8-33)18-5-6-24(13-16(24)11-18)22-31-15-19(14-30)36-22/h3-4,12,15-16,18H,1-2,5-11,13-14,30H2,(H,32,35)/t16?,18-,24+/m1/s1. The highest BCUT2D eigenvalue weighted by Gasteiger charge is 2.60. The number of nitrogens with zero attached hydrogens (tertiary/aromatic N) is 3. The first-order valence-electron chi connectivity index (χ1n) is 12.5. The van der Waals surface area contributed by atoms with E-state index in [1.807, 2.05) is 6.20 Å². The molecular weight excluding hydrogens is 494 g/mol. The van der Waals surface area contributed by atoms with Gasteiger partial charge in [0.1, 0.15) is 5.82 Å². The lowest BCUT2D eigenvalue weighted by molar-refractivity contribution is -0.139. The van der Waals surface area contributed by atoms with Gasteiger partial charge in [-0.25, -0.2) is 14.2 Å². The number of anilines is 1. The lowest BCUT2D eigenvalue weighted by atomic mass is 9.85. The summed E-state index contributed by atoms with van der Waals surface area (Å²) in [6.45, 7) is 3.69. The molecule has 2 aliphatic carbocycles. The van der Waals surface area contributed by atoms with Crippen molar-refractivity contribution < 1.29 is 22.4 Å². The second-order valence-electron chi connectivity index (χ2n) is 10.2. The molecule has 0 spiro atoms. The van der Waals surface area contributed by atoms with E-state index in [1.165, 1.54) is 6.07 Å². The Balaban J connectivity index is 1.30. The van der Waals surface area contributed by atoms with Crippen LogP contribution in [0.25, 0.3) is 0 Å². The highest BCUT2D eigenvalue weighted by atomic mass is 32.1. The van der Waals surface area contributed by atoms with Crippen LogP contribution in [0, 0.1) is 11.7 Å². The van der Waals surface area contributed by atoms with E-state index in [9.17, 15) is 22.4 Å². The molecule has 1 saturated heterocycles. The summed E-state index contributed by atoms with van der Waals surface area (Å²) >= 11 is 1.67. The van der Waals surface area contributed by atoms with Crippen molar-refractivity contribution in [2.75, 3.05) is 31.5 Å². The van der Waals surface area contributed by atoms with Gasteiger partial charge >= 0.3 is 12.2 Å². The number of carbonyl (C=O) groups is 1. The number of alkyl halides is 3. The van der Waals surface area contributed by atoms with Gasteiger partial charge in [-0.2, -0.15) is 13.2 Å². The van der Waals surface area contributed by atoms with Gasteiger partial charge in [-0.3, -0.25) is 0 Å². The normalized spacial score (nSPS) is 26.0. The Hall–Kier alpha value is -2.24. The van der Waals surface area contributed by atoms with Gasteiger partial charge in [-0.05, 0) is 75.7 Å². The van der Waals surface area contributed by atoms with Crippen LogP contribution in [0.2, 0.25) is 0 Å². The van der Waals surface area contributed by atoms with Crippen molar-refractivity contribution in [3.05, 3.63) is 45.7 Å². The molecule has 3 fully saturated rings. The van der Waals surface area contributed by atoms with Crippen molar-refractivity contribution >= 4 is 23.1 Å². The zero-order valence-electron chi connectivity index (χ0n) is 20.0. The number of fused-ring (bicyclic) bond motifs is 1. The summed E-state index contributed by atoms with van der Waals surface area (Å²) < 4.78 is 53.3. The fourth-order valence-electron chi connectivity index (χ4n) is 5.87. The lowest BCUT2D eigenvalue weighted by Gasteiger charge is -2.37. The molecular formula is C25H31F4N5OS. The van der Waals surface area contributed by atoms with E-state index in [0.717, 1.165) is 74.1 Å². The average Bonchev–Trinajstić information content (AvgIpc) is 3.17. The number of aromatic nitrogens is 1. The number of hydrogen-bond donors (Lipinski definition) is 2. The topological polar surface area (TPSA) is 74.5 Å². The second-order valence-corrected chi connectivity index (χ2v) is 11.3. The van der Waals surface area contributed by atoms with Gasteiger partial charge in [0.05, 0.1) is 10.6 Å². The van der Waals surface area contributed by atoms with Gasteiger partial charge < -0.3 is 20.9 Å². The van der Waals surface area contributed by atoms with Crippen LogP contribution in [0.15, 0.2) is 24.4 Å². The fourth-order valence-corrected chi connectivity index (χ4v) is 6.97. The highest BCUT2D eigenvalue weighted by Crippen LogP contribution is 2.63. The van der Waals surface area contributed by atoms with Gasteiger partial charge in [-0.1, -0.05) is 0 Å². The first-order chi connectivity index (χ1) is 17.2. The van der Waals surface area contributed by atoms with Crippen LogP contribution in [0.1, 0.15) is 54.0 Å². The van der Waals surface area contributed by atoms with Crippen molar-refractivity contribution in [1.29, 1.82) is 0 Å². The van der Waals surface area contributed by atoms with Crippen molar-refractivity contribution in [2.24, 2.45) is 11.7 Å². The van der Waals surface area contributed by atoms with Crippen molar-refractivity contribution in [1.82, 2.24) is 14.8 Å². The van der Waals surface area contributed by atoms with E-state index in [2.05, 4.69) is 15.2 Å². The summed E-state index contributed by atoms with van der Waals surface area (Å²) in [4.78, 5) is 23.2. The van der Waals surface area contributed by atoms with Crippen LogP contribution in [0.5, 0.6) is 0 Å². The summed E-state index contributed by atoms with van der Waals surface area (Å²) in [5.41, 5.74) is 4.39. The Morgan fingerprint density at radius 2 is 2.08 bits per heavy atom. The van der Waals surface area contributed by atoms with E-state index < -0.39 is 23.6 Å². The van der Waals surface area contributed by atoms with Gasteiger partial charge in [0.2, 0.25) is 0 Å². The Bertz CT molecular complexity index is 1100. The maximum atomic E-state index is 13.7. The maximum Gasteiger partial charge on any atom is 0.419 e. The predicted octanol–water partition coefficient (Wildman–Crippen LogP) is 5.20. The second kappa shape index (κ2) is 9.90. The molecule has 3 N–H and O–H groups in total. The number of thiazole rings is 1.